The molecule has 34 heavy (non-hydrogen) atoms. The van der Waals surface area contributed by atoms with Gasteiger partial charge in [0, 0.05) is 0 Å². The maximum Gasteiger partial charge on any atom is -1.00 e. The van der Waals surface area contributed by atoms with Gasteiger partial charge in [0.1, 0.15) is 0 Å². The second kappa shape index (κ2) is 10.9. The normalized spacial score (nSPS) is 14.7. The van der Waals surface area contributed by atoms with E-state index in [0.29, 0.717) is 3.67 Å². The number of fused-ring (bicyclic) bond motifs is 3. The van der Waals surface area contributed by atoms with Crippen LogP contribution in [0.15, 0.2) is 57.5 Å². The minimum Gasteiger partial charge on any atom is -1.00 e. The average molecular weight is 678 g/mol. The van der Waals surface area contributed by atoms with Crippen LogP contribution in [0.1, 0.15) is 87.2 Å². The molecule has 0 N–H and O–H groups in total. The molecule has 0 spiro atoms. The molecule has 0 atom stereocenters. The predicted octanol–water partition coefficient (Wildman–Crippen LogP) is 2.85. The Balaban J connectivity index is 0.00000204. The van der Waals surface area contributed by atoms with E-state index >= 15 is 0 Å². The van der Waals surface area contributed by atoms with Crippen molar-refractivity contribution in [1.29, 1.82) is 0 Å². The van der Waals surface area contributed by atoms with Crippen molar-refractivity contribution in [2.45, 2.75) is 88.9 Å². The molecule has 0 heterocycles. The van der Waals surface area contributed by atoms with Crippen molar-refractivity contribution in [3.63, 3.8) is 0 Å². The second-order valence-corrected chi connectivity index (χ2v) is 36.3. The van der Waals surface area contributed by atoms with Crippen LogP contribution in [0.2, 0.25) is 13.1 Å². The number of allylic oxidation sites excluding steroid dienone is 4. The van der Waals surface area contributed by atoms with Crippen LogP contribution < -0.4 is 24.8 Å². The van der Waals surface area contributed by atoms with E-state index in [1.165, 1.54) is 35.1 Å². The summed E-state index contributed by atoms with van der Waals surface area (Å²) in [6, 6.07) is 14.9. The Kier molecular flexibility index (Phi) is 9.57. The van der Waals surface area contributed by atoms with Crippen LogP contribution in [0.5, 0.6) is 0 Å². The van der Waals surface area contributed by atoms with E-state index in [0.717, 1.165) is 0 Å². The van der Waals surface area contributed by atoms with Gasteiger partial charge in [-0.25, -0.2) is 0 Å². The molecule has 182 valence electrons. The summed E-state index contributed by atoms with van der Waals surface area (Å²) in [4.78, 5) is 0. The maximum atomic E-state index is 2.63. The summed E-state index contributed by atoms with van der Waals surface area (Å²) >= 11 is -2.17. The molecule has 0 aliphatic heterocycles. The van der Waals surface area contributed by atoms with Crippen molar-refractivity contribution < 1.29 is 44.9 Å². The van der Waals surface area contributed by atoms with Gasteiger partial charge in [0.25, 0.3) is 0 Å². The molecular formula is C30H40Cl2HfSi. The zero-order valence-electron chi connectivity index (χ0n) is 22.4. The van der Waals surface area contributed by atoms with Crippen LogP contribution in [0, 0.1) is 0 Å². The van der Waals surface area contributed by atoms with Crippen LogP contribution in [0.4, 0.5) is 0 Å². The molecule has 0 radical (unpaired) electrons. The van der Waals surface area contributed by atoms with Crippen LogP contribution in [0.3, 0.4) is 0 Å². The van der Waals surface area contributed by atoms with Crippen LogP contribution in [-0.4, -0.2) is 5.49 Å². The van der Waals surface area contributed by atoms with Crippen molar-refractivity contribution in [2.24, 2.45) is 0 Å². The molecule has 0 nitrogen and oxygen atoms in total. The summed E-state index contributed by atoms with van der Waals surface area (Å²) in [5.41, 5.74) is 11.1. The van der Waals surface area contributed by atoms with E-state index in [1.54, 1.807) is 16.7 Å². The van der Waals surface area contributed by atoms with Crippen molar-refractivity contribution in [3.05, 3.63) is 79.7 Å². The summed E-state index contributed by atoms with van der Waals surface area (Å²) in [7, 11) is 0. The summed E-state index contributed by atoms with van der Waals surface area (Å²) in [5.74, 6) is 0. The van der Waals surface area contributed by atoms with Crippen molar-refractivity contribution in [1.82, 2.24) is 0 Å². The summed E-state index contributed by atoms with van der Waals surface area (Å²) in [6.45, 7) is 21.8. The van der Waals surface area contributed by atoms with Gasteiger partial charge in [-0.15, -0.1) is 0 Å². The van der Waals surface area contributed by atoms with E-state index in [4.69, 9.17) is 0 Å². The Labute approximate surface area is 228 Å². The zero-order chi connectivity index (χ0) is 23.4. The Morgan fingerprint density at radius 2 is 1.29 bits per heavy atom. The predicted molar refractivity (Wildman–Crippen MR) is 140 cm³/mol. The fourth-order valence-electron chi connectivity index (χ4n) is 5.43. The molecule has 2 aromatic carbocycles. The Bertz CT molecular complexity index is 1110. The fraction of sp³-hybridized carbons (Fsp3) is 0.467. The largest absolute Gasteiger partial charge is 1.00 e. The molecule has 4 heteroatoms. The molecule has 0 unspecified atom stereocenters. The number of hydrogen-bond donors (Lipinski definition) is 0. The summed E-state index contributed by atoms with van der Waals surface area (Å²) < 4.78 is 2.62. The van der Waals surface area contributed by atoms with Gasteiger partial charge in [0.2, 0.25) is 0 Å². The Hall–Kier alpha value is -0.413. The van der Waals surface area contributed by atoms with Gasteiger partial charge >= 0.3 is 205 Å². The van der Waals surface area contributed by atoms with Gasteiger partial charge in [-0.05, 0) is 0 Å². The first-order chi connectivity index (χ1) is 14.9. The first-order valence-corrected chi connectivity index (χ1v) is 24.0. The van der Waals surface area contributed by atoms with Crippen molar-refractivity contribution in [2.75, 3.05) is 0 Å². The molecule has 2 aliphatic carbocycles. The third kappa shape index (κ3) is 5.46. The molecule has 0 fully saturated rings. The average Bonchev–Trinajstić information content (AvgIpc) is 3.29. The van der Waals surface area contributed by atoms with Gasteiger partial charge < -0.3 is 24.8 Å². The van der Waals surface area contributed by atoms with Crippen molar-refractivity contribution in [3.8, 4) is 11.1 Å². The molecule has 0 bridgehead atoms. The molecular weight excluding hydrogens is 638 g/mol. The van der Waals surface area contributed by atoms with Crippen molar-refractivity contribution >= 4 is 5.49 Å². The van der Waals surface area contributed by atoms with Gasteiger partial charge in [-0.3, -0.25) is 0 Å². The van der Waals surface area contributed by atoms with Gasteiger partial charge in [-0.1, -0.05) is 0 Å². The van der Waals surface area contributed by atoms with Crippen LogP contribution >= 0.6 is 0 Å². The van der Waals surface area contributed by atoms with Gasteiger partial charge in [0.05, 0.1) is 0 Å². The Morgan fingerprint density at radius 1 is 0.824 bits per heavy atom. The maximum absolute atomic E-state index is 2.63. The number of hydrogen-bond acceptors (Lipinski definition) is 0. The summed E-state index contributed by atoms with van der Waals surface area (Å²) in [6.07, 6.45) is 7.35. The third-order valence-corrected chi connectivity index (χ3v) is 33.4. The van der Waals surface area contributed by atoms with E-state index in [1.807, 2.05) is 3.33 Å². The van der Waals surface area contributed by atoms with E-state index in [9.17, 15) is 0 Å². The SMILES string of the molecule is CCC1=[C]([Hf+2]([CH]2c3cc(C(C)(C)C)ccc3-c3ccc(C(C)(C)C)cc32)=[Si](C)C)CC=C1.[Cl-].[Cl-]. The molecule has 0 amide bonds. The standard InChI is InChI=1S/C21H25.C7H9.C2H6Si.2ClH.Hf/c1-20(2,3)16-7-9-18-14(12-16)11-15-13-17(21(4,5)6)8-10-19(15)18;1-2-7-5-3-4-6-7;1-3-2;;;/h7-13H,1-6H3;3,5H,2,4H2,1H3;1-2H3;2*1H;/q;;;;;+2/p-2. The third-order valence-electron chi connectivity index (χ3n) is 7.31. The van der Waals surface area contributed by atoms with Crippen LogP contribution in [0.25, 0.3) is 11.1 Å². The van der Waals surface area contributed by atoms with E-state index < -0.39 is 20.1 Å². The molecule has 0 saturated heterocycles. The number of benzene rings is 2. The smallest absolute Gasteiger partial charge is 1.00 e. The molecule has 0 saturated carbocycles. The summed E-state index contributed by atoms with van der Waals surface area (Å²) in [5, 5.41) is 0. The zero-order valence-corrected chi connectivity index (χ0v) is 28.5. The van der Waals surface area contributed by atoms with E-state index in [2.05, 4.69) is 110 Å². The van der Waals surface area contributed by atoms with Gasteiger partial charge in [-0.2, -0.15) is 0 Å². The first kappa shape index (κ1) is 29.8. The molecule has 0 aromatic heterocycles. The second-order valence-electron chi connectivity index (χ2n) is 11.9. The van der Waals surface area contributed by atoms with Gasteiger partial charge in [0.15, 0.2) is 0 Å². The molecule has 4 rings (SSSR count). The van der Waals surface area contributed by atoms with E-state index in [-0.39, 0.29) is 41.1 Å². The quantitative estimate of drug-likeness (QED) is 0.439. The number of halogens is 2. The minimum absolute atomic E-state index is 0. The minimum atomic E-state index is -2.17. The van der Waals surface area contributed by atoms with Crippen LogP contribution in [-0.2, 0) is 30.9 Å². The topological polar surface area (TPSA) is 0 Å². The first-order valence-electron chi connectivity index (χ1n) is 12.3. The number of rotatable bonds is 3. The monoisotopic (exact) mass is 678 g/mol. The molecule has 2 aliphatic rings. The molecule has 2 aromatic rings. The Morgan fingerprint density at radius 3 is 1.68 bits per heavy atom. The fourth-order valence-corrected chi connectivity index (χ4v) is 32.6.